The van der Waals surface area contributed by atoms with Gasteiger partial charge in [0.05, 0.1) is 0 Å². The molecule has 0 saturated heterocycles. The van der Waals surface area contributed by atoms with E-state index in [9.17, 15) is 14.0 Å². The van der Waals surface area contributed by atoms with Gasteiger partial charge in [-0.1, -0.05) is 12.1 Å². The summed E-state index contributed by atoms with van der Waals surface area (Å²) in [5.74, 6) is -1.08. The summed E-state index contributed by atoms with van der Waals surface area (Å²) < 4.78 is 15.5. The summed E-state index contributed by atoms with van der Waals surface area (Å²) >= 11 is 0. The Bertz CT molecular complexity index is 982. The third kappa shape index (κ3) is 4.85. The van der Waals surface area contributed by atoms with Crippen molar-refractivity contribution in [2.45, 2.75) is 6.92 Å². The van der Waals surface area contributed by atoms with Crippen molar-refractivity contribution < 1.29 is 14.0 Å². The van der Waals surface area contributed by atoms with Crippen LogP contribution in [0.2, 0.25) is 0 Å². The molecule has 2 amide bonds. The van der Waals surface area contributed by atoms with Crippen molar-refractivity contribution >= 4 is 29.3 Å². The average Bonchev–Trinajstić information content (AvgIpc) is 3.15. The molecule has 0 atom stereocenters. The van der Waals surface area contributed by atoms with Gasteiger partial charge in [-0.05, 0) is 42.0 Å². The Balaban J connectivity index is 1.62. The number of halogens is 1. The van der Waals surface area contributed by atoms with Gasteiger partial charge >= 0.3 is 0 Å². The lowest BCUT2D eigenvalue weighted by Gasteiger charge is -2.06. The number of carbonyl (C=O) groups excluding carboxylic acids is 2. The molecular formula is C19H16FN5O2. The van der Waals surface area contributed by atoms with Crippen LogP contribution >= 0.6 is 0 Å². The lowest BCUT2D eigenvalue weighted by Crippen LogP contribution is -2.08. The van der Waals surface area contributed by atoms with Crippen LogP contribution in [0.15, 0.2) is 61.2 Å². The number of carbonyl (C=O) groups is 2. The molecule has 0 aliphatic carbocycles. The maximum Gasteiger partial charge on any atom is 0.248 e. The summed E-state index contributed by atoms with van der Waals surface area (Å²) in [6.45, 7) is 1.43. The minimum absolute atomic E-state index is 0.153. The van der Waals surface area contributed by atoms with Crippen LogP contribution in [0.1, 0.15) is 12.5 Å². The largest absolute Gasteiger partial charge is 0.326 e. The van der Waals surface area contributed by atoms with Crippen molar-refractivity contribution in [3.8, 4) is 5.69 Å². The quantitative estimate of drug-likeness (QED) is 0.680. The SMILES string of the molecule is CC(=O)Nc1ccc(C=CC(=O)Nc2ccc(-n3cncn3)c(F)c2)cc1. The molecule has 1 aromatic heterocycles. The lowest BCUT2D eigenvalue weighted by molar-refractivity contribution is -0.114. The van der Waals surface area contributed by atoms with Crippen LogP contribution in [-0.4, -0.2) is 26.6 Å². The molecule has 0 aliphatic rings. The first-order chi connectivity index (χ1) is 13.0. The number of aromatic nitrogens is 3. The average molecular weight is 365 g/mol. The van der Waals surface area contributed by atoms with E-state index >= 15 is 0 Å². The Morgan fingerprint density at radius 1 is 1.07 bits per heavy atom. The Kier molecular flexibility index (Phi) is 5.36. The number of benzene rings is 2. The molecule has 136 valence electrons. The molecule has 7 nitrogen and oxygen atoms in total. The maximum atomic E-state index is 14.2. The topological polar surface area (TPSA) is 88.9 Å². The predicted molar refractivity (Wildman–Crippen MR) is 99.7 cm³/mol. The number of hydrogen-bond donors (Lipinski definition) is 2. The molecule has 0 fully saturated rings. The minimum atomic E-state index is -0.532. The minimum Gasteiger partial charge on any atom is -0.326 e. The first-order valence-corrected chi connectivity index (χ1v) is 8.02. The van der Waals surface area contributed by atoms with E-state index in [2.05, 4.69) is 20.7 Å². The number of amides is 2. The van der Waals surface area contributed by atoms with Gasteiger partial charge in [0.1, 0.15) is 18.3 Å². The van der Waals surface area contributed by atoms with E-state index in [4.69, 9.17) is 0 Å². The Morgan fingerprint density at radius 2 is 1.81 bits per heavy atom. The molecule has 1 heterocycles. The Morgan fingerprint density at radius 3 is 2.44 bits per heavy atom. The highest BCUT2D eigenvalue weighted by Gasteiger charge is 2.07. The fraction of sp³-hybridized carbons (Fsp3) is 0.0526. The number of nitrogens with one attached hydrogen (secondary N) is 2. The summed E-state index contributed by atoms with van der Waals surface area (Å²) in [5.41, 5.74) is 2.02. The third-order valence-electron chi connectivity index (χ3n) is 3.54. The monoisotopic (exact) mass is 365 g/mol. The van der Waals surface area contributed by atoms with E-state index in [0.717, 1.165) is 5.56 Å². The van der Waals surface area contributed by atoms with Gasteiger partial charge in [-0.3, -0.25) is 9.59 Å². The van der Waals surface area contributed by atoms with Crippen LogP contribution in [0, 0.1) is 5.82 Å². The summed E-state index contributed by atoms with van der Waals surface area (Å²) in [4.78, 5) is 26.8. The summed E-state index contributed by atoms with van der Waals surface area (Å²) in [6, 6.07) is 11.3. The highest BCUT2D eigenvalue weighted by molar-refractivity contribution is 6.02. The van der Waals surface area contributed by atoms with Gasteiger partial charge in [-0.15, -0.1) is 0 Å². The first kappa shape index (κ1) is 18.0. The van der Waals surface area contributed by atoms with Crippen molar-refractivity contribution in [2.75, 3.05) is 10.6 Å². The molecule has 3 aromatic rings. The predicted octanol–water partition coefficient (Wildman–Crippen LogP) is 3.02. The normalized spacial score (nSPS) is 10.7. The fourth-order valence-corrected chi connectivity index (χ4v) is 2.34. The van der Waals surface area contributed by atoms with Gasteiger partial charge in [0, 0.05) is 24.4 Å². The van der Waals surface area contributed by atoms with E-state index in [-0.39, 0.29) is 11.6 Å². The molecule has 27 heavy (non-hydrogen) atoms. The second-order valence-corrected chi connectivity index (χ2v) is 5.63. The molecule has 3 rings (SSSR count). The van der Waals surface area contributed by atoms with Gasteiger partial charge in [0.2, 0.25) is 11.8 Å². The highest BCUT2D eigenvalue weighted by Crippen LogP contribution is 2.17. The molecule has 2 N–H and O–H groups in total. The van der Waals surface area contributed by atoms with Crippen molar-refractivity contribution in [2.24, 2.45) is 0 Å². The second-order valence-electron chi connectivity index (χ2n) is 5.63. The molecule has 0 bridgehead atoms. The Hall–Kier alpha value is -3.81. The maximum absolute atomic E-state index is 14.2. The lowest BCUT2D eigenvalue weighted by atomic mass is 10.2. The Labute approximate surface area is 154 Å². The number of nitrogens with zero attached hydrogens (tertiary/aromatic N) is 3. The third-order valence-corrected chi connectivity index (χ3v) is 3.54. The van der Waals surface area contributed by atoms with Crippen LogP contribution in [-0.2, 0) is 9.59 Å². The fourth-order valence-electron chi connectivity index (χ4n) is 2.34. The highest BCUT2D eigenvalue weighted by atomic mass is 19.1. The summed E-state index contributed by atoms with van der Waals surface area (Å²) in [6.07, 6.45) is 5.66. The van der Waals surface area contributed by atoms with E-state index in [1.54, 1.807) is 36.4 Å². The van der Waals surface area contributed by atoms with Gasteiger partial charge in [0.25, 0.3) is 0 Å². The van der Waals surface area contributed by atoms with Crippen LogP contribution in [0.5, 0.6) is 0 Å². The zero-order chi connectivity index (χ0) is 19.2. The second kappa shape index (κ2) is 8.05. The number of anilines is 2. The van der Waals surface area contributed by atoms with E-state index in [1.807, 2.05) is 0 Å². The molecule has 0 spiro atoms. The standard InChI is InChI=1S/C19H16FN5O2/c1-13(26)23-15-5-2-14(3-6-15)4-9-19(27)24-16-7-8-18(17(20)10-16)25-12-21-11-22-25/h2-12H,1H3,(H,23,26)(H,24,27). The number of hydrogen-bond acceptors (Lipinski definition) is 4. The van der Waals surface area contributed by atoms with Crippen LogP contribution in [0.3, 0.4) is 0 Å². The van der Waals surface area contributed by atoms with E-state index < -0.39 is 11.7 Å². The van der Waals surface area contributed by atoms with E-state index in [1.165, 1.54) is 42.5 Å². The molecule has 0 saturated carbocycles. The first-order valence-electron chi connectivity index (χ1n) is 8.02. The zero-order valence-electron chi connectivity index (χ0n) is 14.4. The van der Waals surface area contributed by atoms with Gasteiger partial charge < -0.3 is 10.6 Å². The van der Waals surface area contributed by atoms with Crippen molar-refractivity contribution in [1.82, 2.24) is 14.8 Å². The van der Waals surface area contributed by atoms with Crippen LogP contribution in [0.4, 0.5) is 15.8 Å². The molecular weight excluding hydrogens is 349 g/mol. The smallest absolute Gasteiger partial charge is 0.248 e. The molecule has 8 heteroatoms. The van der Waals surface area contributed by atoms with Crippen LogP contribution < -0.4 is 10.6 Å². The van der Waals surface area contributed by atoms with E-state index in [0.29, 0.717) is 11.4 Å². The molecule has 0 aliphatic heterocycles. The zero-order valence-corrected chi connectivity index (χ0v) is 14.4. The molecule has 0 radical (unpaired) electrons. The van der Waals surface area contributed by atoms with Gasteiger partial charge in [0.15, 0.2) is 5.82 Å². The van der Waals surface area contributed by atoms with Gasteiger partial charge in [-0.25, -0.2) is 14.1 Å². The summed E-state index contributed by atoms with van der Waals surface area (Å²) in [5, 5.41) is 9.12. The molecule has 2 aromatic carbocycles. The molecule has 0 unspecified atom stereocenters. The summed E-state index contributed by atoms with van der Waals surface area (Å²) in [7, 11) is 0. The van der Waals surface area contributed by atoms with Gasteiger partial charge in [-0.2, -0.15) is 5.10 Å². The van der Waals surface area contributed by atoms with Crippen molar-refractivity contribution in [3.63, 3.8) is 0 Å². The van der Waals surface area contributed by atoms with Crippen molar-refractivity contribution in [1.29, 1.82) is 0 Å². The van der Waals surface area contributed by atoms with Crippen molar-refractivity contribution in [3.05, 3.63) is 72.6 Å². The number of rotatable bonds is 5. The van der Waals surface area contributed by atoms with Crippen LogP contribution in [0.25, 0.3) is 11.8 Å².